The van der Waals surface area contributed by atoms with Gasteiger partial charge in [0.05, 0.1) is 4.92 Å². The summed E-state index contributed by atoms with van der Waals surface area (Å²) >= 11 is 3.27. The van der Waals surface area contributed by atoms with E-state index in [0.717, 1.165) is 4.47 Å². The van der Waals surface area contributed by atoms with Crippen LogP contribution in [0.15, 0.2) is 57.4 Å². The van der Waals surface area contributed by atoms with Crippen LogP contribution < -0.4 is 5.32 Å². The highest BCUT2D eigenvalue weighted by atomic mass is 79.9. The molecular formula is C18H13BrN4O6. The van der Waals surface area contributed by atoms with Crippen molar-refractivity contribution in [1.82, 2.24) is 15.5 Å². The van der Waals surface area contributed by atoms with Gasteiger partial charge in [0.15, 0.2) is 6.61 Å². The molecule has 1 heterocycles. The Morgan fingerprint density at radius 2 is 1.93 bits per heavy atom. The summed E-state index contributed by atoms with van der Waals surface area (Å²) in [5.41, 5.74) is 0.825. The molecule has 0 bridgehead atoms. The molecule has 0 saturated carbocycles. The van der Waals surface area contributed by atoms with E-state index in [1.54, 1.807) is 24.3 Å². The van der Waals surface area contributed by atoms with Gasteiger partial charge >= 0.3 is 5.97 Å². The first-order valence-electron chi connectivity index (χ1n) is 8.19. The zero-order valence-corrected chi connectivity index (χ0v) is 16.3. The summed E-state index contributed by atoms with van der Waals surface area (Å²) in [4.78, 5) is 33.9. The van der Waals surface area contributed by atoms with Crippen molar-refractivity contribution >= 4 is 33.5 Å². The summed E-state index contributed by atoms with van der Waals surface area (Å²) in [5, 5.41) is 20.7. The number of non-ortho nitro benzene ring substituents is 1. The molecule has 0 aliphatic carbocycles. The van der Waals surface area contributed by atoms with Crippen LogP contribution in [0.2, 0.25) is 0 Å². The SMILES string of the molecule is O=C(CNC(=O)c1cccc(Br)c1)OCc1nnc(-c2ccc([N+](=O)[O-])cc2)o1. The van der Waals surface area contributed by atoms with Crippen LogP contribution in [0.5, 0.6) is 0 Å². The Labute approximate surface area is 172 Å². The quantitative estimate of drug-likeness (QED) is 0.322. The Balaban J connectivity index is 1.49. The molecule has 0 saturated heterocycles. The molecule has 3 rings (SSSR count). The molecule has 2 aromatic carbocycles. The fourth-order valence-electron chi connectivity index (χ4n) is 2.23. The van der Waals surface area contributed by atoms with Gasteiger partial charge in [-0.3, -0.25) is 19.7 Å². The van der Waals surface area contributed by atoms with Crippen molar-refractivity contribution in [3.8, 4) is 11.5 Å². The minimum atomic E-state index is -0.677. The molecule has 0 aliphatic rings. The molecule has 0 unspecified atom stereocenters. The van der Waals surface area contributed by atoms with Gasteiger partial charge in [-0.2, -0.15) is 0 Å². The van der Waals surface area contributed by atoms with E-state index in [0.29, 0.717) is 11.1 Å². The highest BCUT2D eigenvalue weighted by Crippen LogP contribution is 2.21. The first-order chi connectivity index (χ1) is 13.9. The predicted octanol–water partition coefficient (Wildman–Crippen LogP) is 2.88. The zero-order valence-electron chi connectivity index (χ0n) is 14.7. The highest BCUT2D eigenvalue weighted by molar-refractivity contribution is 9.10. The second-order valence-corrected chi connectivity index (χ2v) is 6.57. The molecule has 0 atom stereocenters. The third kappa shape index (κ3) is 5.45. The Hall–Kier alpha value is -3.60. The summed E-state index contributed by atoms with van der Waals surface area (Å²) in [6.07, 6.45) is 0. The molecule has 0 spiro atoms. The predicted molar refractivity (Wildman–Crippen MR) is 103 cm³/mol. The minimum Gasteiger partial charge on any atom is -0.454 e. The van der Waals surface area contributed by atoms with E-state index in [4.69, 9.17) is 9.15 Å². The van der Waals surface area contributed by atoms with E-state index in [2.05, 4.69) is 31.4 Å². The average Bonchev–Trinajstić information content (AvgIpc) is 3.19. The lowest BCUT2D eigenvalue weighted by molar-refractivity contribution is -0.384. The standard InChI is InChI=1S/C18H13BrN4O6/c19-13-3-1-2-12(8-13)17(25)20-9-16(24)28-10-15-21-22-18(29-15)11-4-6-14(7-5-11)23(26)27/h1-8H,9-10H2,(H,20,25). The number of benzene rings is 2. The molecule has 1 aromatic heterocycles. The lowest BCUT2D eigenvalue weighted by Crippen LogP contribution is -2.30. The number of hydrogen-bond acceptors (Lipinski definition) is 8. The van der Waals surface area contributed by atoms with Gasteiger partial charge in [-0.15, -0.1) is 10.2 Å². The molecule has 0 fully saturated rings. The van der Waals surface area contributed by atoms with Crippen LogP contribution >= 0.6 is 15.9 Å². The summed E-state index contributed by atoms with van der Waals surface area (Å²) < 4.78 is 11.1. The van der Waals surface area contributed by atoms with E-state index in [-0.39, 0.29) is 30.6 Å². The number of carbonyl (C=O) groups is 2. The number of nitro benzene ring substituents is 1. The number of carbonyl (C=O) groups excluding carboxylic acids is 2. The van der Waals surface area contributed by atoms with E-state index in [9.17, 15) is 19.7 Å². The summed E-state index contributed by atoms with van der Waals surface area (Å²) in [6.45, 7) is -0.597. The second-order valence-electron chi connectivity index (χ2n) is 5.66. The highest BCUT2D eigenvalue weighted by Gasteiger charge is 2.14. The number of nitrogens with one attached hydrogen (secondary N) is 1. The van der Waals surface area contributed by atoms with Crippen molar-refractivity contribution in [3.05, 3.63) is 74.6 Å². The number of nitro groups is 1. The fourth-order valence-corrected chi connectivity index (χ4v) is 2.63. The molecule has 1 N–H and O–H groups in total. The van der Waals surface area contributed by atoms with Gasteiger partial charge < -0.3 is 14.5 Å². The number of nitrogens with zero attached hydrogens (tertiary/aromatic N) is 3. The van der Waals surface area contributed by atoms with Crippen molar-refractivity contribution < 1.29 is 23.7 Å². The number of amides is 1. The molecular weight excluding hydrogens is 448 g/mol. The first-order valence-corrected chi connectivity index (χ1v) is 8.98. The van der Waals surface area contributed by atoms with Crippen molar-refractivity contribution in [2.75, 3.05) is 6.54 Å². The minimum absolute atomic E-state index is 0.0463. The fraction of sp³-hybridized carbons (Fsp3) is 0.111. The summed E-state index contributed by atoms with van der Waals surface area (Å²) in [7, 11) is 0. The van der Waals surface area contributed by atoms with E-state index < -0.39 is 16.8 Å². The van der Waals surface area contributed by atoms with E-state index in [1.807, 2.05) is 0 Å². The Morgan fingerprint density at radius 3 is 2.62 bits per heavy atom. The zero-order chi connectivity index (χ0) is 20.8. The molecule has 3 aromatic rings. The van der Waals surface area contributed by atoms with Crippen LogP contribution in [0.25, 0.3) is 11.5 Å². The van der Waals surface area contributed by atoms with Crippen LogP contribution in [0.4, 0.5) is 5.69 Å². The Bertz CT molecular complexity index is 1050. The normalized spacial score (nSPS) is 10.4. The van der Waals surface area contributed by atoms with E-state index in [1.165, 1.54) is 24.3 Å². The maximum Gasteiger partial charge on any atom is 0.325 e. The van der Waals surface area contributed by atoms with Crippen molar-refractivity contribution in [2.45, 2.75) is 6.61 Å². The lowest BCUT2D eigenvalue weighted by atomic mass is 10.2. The number of aromatic nitrogens is 2. The number of halogens is 1. The number of esters is 1. The summed E-state index contributed by atoms with van der Waals surface area (Å²) in [5.74, 6) is -0.913. The van der Waals surface area contributed by atoms with Gasteiger partial charge in [-0.1, -0.05) is 22.0 Å². The van der Waals surface area contributed by atoms with Gasteiger partial charge in [0.25, 0.3) is 17.5 Å². The summed E-state index contributed by atoms with van der Waals surface area (Å²) in [6, 6.07) is 12.3. The van der Waals surface area contributed by atoms with Gasteiger partial charge in [0, 0.05) is 27.7 Å². The van der Waals surface area contributed by atoms with Gasteiger partial charge in [-0.25, -0.2) is 0 Å². The van der Waals surface area contributed by atoms with E-state index >= 15 is 0 Å². The molecule has 0 aliphatic heterocycles. The third-order valence-electron chi connectivity index (χ3n) is 3.63. The van der Waals surface area contributed by atoms with Crippen molar-refractivity contribution in [1.29, 1.82) is 0 Å². The van der Waals surface area contributed by atoms with Crippen LogP contribution in [-0.4, -0.2) is 33.5 Å². The van der Waals surface area contributed by atoms with Crippen molar-refractivity contribution in [2.24, 2.45) is 0 Å². The Morgan fingerprint density at radius 1 is 1.17 bits per heavy atom. The molecule has 10 nitrogen and oxygen atoms in total. The lowest BCUT2D eigenvalue weighted by Gasteiger charge is -2.05. The largest absolute Gasteiger partial charge is 0.454 e. The molecule has 11 heteroatoms. The number of ether oxygens (including phenoxy) is 1. The molecule has 1 amide bonds. The Kier molecular flexibility index (Phi) is 6.29. The van der Waals surface area contributed by atoms with Crippen molar-refractivity contribution in [3.63, 3.8) is 0 Å². The van der Waals surface area contributed by atoms with Gasteiger partial charge in [-0.05, 0) is 30.3 Å². The topological polar surface area (TPSA) is 137 Å². The molecule has 148 valence electrons. The van der Waals surface area contributed by atoms with Crippen LogP contribution in [0.3, 0.4) is 0 Å². The van der Waals surface area contributed by atoms with Crippen LogP contribution in [0, 0.1) is 10.1 Å². The van der Waals surface area contributed by atoms with Crippen LogP contribution in [-0.2, 0) is 16.1 Å². The second kappa shape index (κ2) is 9.06. The van der Waals surface area contributed by atoms with Gasteiger partial charge in [0.2, 0.25) is 5.89 Å². The monoisotopic (exact) mass is 460 g/mol. The molecule has 0 radical (unpaired) electrons. The maximum absolute atomic E-state index is 12.0. The number of rotatable bonds is 7. The third-order valence-corrected chi connectivity index (χ3v) is 4.12. The average molecular weight is 461 g/mol. The molecule has 29 heavy (non-hydrogen) atoms. The van der Waals surface area contributed by atoms with Crippen LogP contribution in [0.1, 0.15) is 16.2 Å². The first kappa shape index (κ1) is 20.1. The van der Waals surface area contributed by atoms with Gasteiger partial charge in [0.1, 0.15) is 6.54 Å². The smallest absolute Gasteiger partial charge is 0.325 e. The maximum atomic E-state index is 12.0. The number of hydrogen-bond donors (Lipinski definition) is 1.